The summed E-state index contributed by atoms with van der Waals surface area (Å²) in [6.45, 7) is 1.69. The highest BCUT2D eigenvalue weighted by Crippen LogP contribution is 2.25. The van der Waals surface area contributed by atoms with Crippen molar-refractivity contribution in [2.24, 2.45) is 5.92 Å². The average molecular weight is 384 g/mol. The molecular formula is C18H16Cl2FNO3. The molecule has 7 heteroatoms. The van der Waals surface area contributed by atoms with E-state index >= 15 is 0 Å². The Kier molecular flexibility index (Phi) is 5.47. The summed E-state index contributed by atoms with van der Waals surface area (Å²) in [5, 5.41) is 9.74. The number of carbonyl (C=O) groups is 1. The van der Waals surface area contributed by atoms with E-state index in [1.165, 1.54) is 6.07 Å². The first-order chi connectivity index (χ1) is 11.9. The zero-order chi connectivity index (χ0) is 18.0. The van der Waals surface area contributed by atoms with Crippen LogP contribution in [0.5, 0.6) is 5.75 Å². The van der Waals surface area contributed by atoms with Gasteiger partial charge in [0.15, 0.2) is 11.6 Å². The zero-order valence-corrected chi connectivity index (χ0v) is 14.7. The predicted octanol–water partition coefficient (Wildman–Crippen LogP) is 4.23. The molecule has 0 bridgehead atoms. The van der Waals surface area contributed by atoms with E-state index in [0.717, 1.165) is 11.1 Å². The molecule has 3 rings (SSSR count). The Bertz CT molecular complexity index is 794. The number of hydrogen-bond acceptors (Lipinski definition) is 3. The van der Waals surface area contributed by atoms with Crippen LogP contribution in [0.4, 0.5) is 4.39 Å². The van der Waals surface area contributed by atoms with Gasteiger partial charge in [0.25, 0.3) is 0 Å². The van der Waals surface area contributed by atoms with Crippen molar-refractivity contribution in [2.45, 2.75) is 13.2 Å². The van der Waals surface area contributed by atoms with Crippen molar-refractivity contribution in [3.05, 3.63) is 63.4 Å². The topological polar surface area (TPSA) is 49.8 Å². The Morgan fingerprint density at radius 2 is 1.88 bits per heavy atom. The third-order valence-electron chi connectivity index (χ3n) is 4.09. The summed E-state index contributed by atoms with van der Waals surface area (Å²) in [4.78, 5) is 12.8. The first-order valence-corrected chi connectivity index (χ1v) is 8.48. The molecule has 2 aromatic carbocycles. The van der Waals surface area contributed by atoms with Crippen LogP contribution in [-0.4, -0.2) is 29.1 Å². The van der Waals surface area contributed by atoms with Gasteiger partial charge in [0.1, 0.15) is 6.61 Å². The smallest absolute Gasteiger partial charge is 0.309 e. The normalized spacial score (nSPS) is 15.0. The van der Waals surface area contributed by atoms with Crippen molar-refractivity contribution >= 4 is 29.2 Å². The lowest BCUT2D eigenvalue weighted by Gasteiger charge is -2.36. The van der Waals surface area contributed by atoms with Crippen LogP contribution in [0.3, 0.4) is 0 Å². The van der Waals surface area contributed by atoms with Gasteiger partial charge in [0.05, 0.1) is 16.0 Å². The molecule has 0 aromatic heterocycles. The van der Waals surface area contributed by atoms with Crippen LogP contribution in [-0.2, 0) is 17.9 Å². The van der Waals surface area contributed by atoms with Crippen molar-refractivity contribution in [3.8, 4) is 5.75 Å². The quantitative estimate of drug-likeness (QED) is 0.810. The van der Waals surface area contributed by atoms with E-state index in [1.54, 1.807) is 30.3 Å². The Hall–Kier alpha value is -1.82. The van der Waals surface area contributed by atoms with Crippen LogP contribution >= 0.6 is 23.2 Å². The number of nitrogens with zero attached hydrogens (tertiary/aromatic N) is 1. The second-order valence-corrected chi connectivity index (χ2v) is 6.85. The maximum Gasteiger partial charge on any atom is 0.309 e. The number of carboxylic acids is 1. The molecular weight excluding hydrogens is 368 g/mol. The van der Waals surface area contributed by atoms with E-state index in [2.05, 4.69) is 0 Å². The number of aliphatic carboxylic acids is 1. The highest BCUT2D eigenvalue weighted by atomic mass is 35.5. The minimum atomic E-state index is -0.784. The predicted molar refractivity (Wildman–Crippen MR) is 93.6 cm³/mol. The van der Waals surface area contributed by atoms with E-state index in [1.807, 2.05) is 4.90 Å². The number of likely N-dealkylation sites (tertiary alicyclic amines) is 1. The maximum absolute atomic E-state index is 14.2. The summed E-state index contributed by atoms with van der Waals surface area (Å²) < 4.78 is 19.7. The van der Waals surface area contributed by atoms with Crippen molar-refractivity contribution in [2.75, 3.05) is 13.1 Å². The number of hydrogen-bond donors (Lipinski definition) is 1. The van der Waals surface area contributed by atoms with Crippen LogP contribution in [0.2, 0.25) is 10.0 Å². The molecule has 0 atom stereocenters. The van der Waals surface area contributed by atoms with E-state index in [0.29, 0.717) is 29.7 Å². The summed E-state index contributed by atoms with van der Waals surface area (Å²) in [7, 11) is 0. The third-order valence-corrected chi connectivity index (χ3v) is 4.83. The van der Waals surface area contributed by atoms with Gasteiger partial charge in [0, 0.05) is 19.6 Å². The minimum Gasteiger partial charge on any atom is -0.486 e. The SMILES string of the molecule is O=C(O)C1CN(Cc2ccc(OCc3ccc(Cl)c(Cl)c3)c(F)c2)C1. The maximum atomic E-state index is 14.2. The molecule has 0 aliphatic carbocycles. The molecule has 4 nitrogen and oxygen atoms in total. The van der Waals surface area contributed by atoms with Gasteiger partial charge < -0.3 is 9.84 Å². The lowest BCUT2D eigenvalue weighted by atomic mass is 9.99. The van der Waals surface area contributed by atoms with E-state index in [9.17, 15) is 9.18 Å². The fourth-order valence-corrected chi connectivity index (χ4v) is 2.98. The van der Waals surface area contributed by atoms with Crippen molar-refractivity contribution < 1.29 is 19.0 Å². The Morgan fingerprint density at radius 3 is 2.52 bits per heavy atom. The first-order valence-electron chi connectivity index (χ1n) is 7.72. The highest BCUT2D eigenvalue weighted by Gasteiger charge is 2.32. The molecule has 25 heavy (non-hydrogen) atoms. The average Bonchev–Trinajstić information content (AvgIpc) is 2.52. The van der Waals surface area contributed by atoms with Gasteiger partial charge in [-0.2, -0.15) is 0 Å². The van der Waals surface area contributed by atoms with E-state index in [4.69, 9.17) is 33.0 Å². The van der Waals surface area contributed by atoms with Crippen LogP contribution in [0, 0.1) is 11.7 Å². The molecule has 0 saturated carbocycles. The van der Waals surface area contributed by atoms with Crippen LogP contribution < -0.4 is 4.74 Å². The van der Waals surface area contributed by atoms with Crippen molar-refractivity contribution in [3.63, 3.8) is 0 Å². The summed E-state index contributed by atoms with van der Waals surface area (Å²) in [6, 6.07) is 9.89. The van der Waals surface area contributed by atoms with Gasteiger partial charge in [-0.3, -0.25) is 9.69 Å². The highest BCUT2D eigenvalue weighted by molar-refractivity contribution is 6.42. The molecule has 132 valence electrons. The first kappa shape index (κ1) is 18.0. The summed E-state index contributed by atoms with van der Waals surface area (Å²) in [6.07, 6.45) is 0. The molecule has 1 aliphatic heterocycles. The minimum absolute atomic E-state index is 0.154. The van der Waals surface area contributed by atoms with Crippen LogP contribution in [0.25, 0.3) is 0 Å². The zero-order valence-electron chi connectivity index (χ0n) is 13.2. The summed E-state index contributed by atoms with van der Waals surface area (Å²) in [5.74, 6) is -1.40. The lowest BCUT2D eigenvalue weighted by molar-refractivity contribution is -0.147. The van der Waals surface area contributed by atoms with Crippen molar-refractivity contribution in [1.82, 2.24) is 4.90 Å². The molecule has 1 heterocycles. The molecule has 1 aliphatic rings. The van der Waals surface area contributed by atoms with E-state index < -0.39 is 11.8 Å². The molecule has 1 fully saturated rings. The van der Waals surface area contributed by atoms with Gasteiger partial charge in [-0.25, -0.2) is 4.39 Å². The Balaban J connectivity index is 1.56. The molecule has 0 unspecified atom stereocenters. The van der Waals surface area contributed by atoms with Gasteiger partial charge in [0.2, 0.25) is 0 Å². The third kappa shape index (κ3) is 4.42. The largest absolute Gasteiger partial charge is 0.486 e. The monoisotopic (exact) mass is 383 g/mol. The van der Waals surface area contributed by atoms with Gasteiger partial charge in [-0.05, 0) is 35.4 Å². The molecule has 0 radical (unpaired) electrons. The molecule has 0 amide bonds. The fourth-order valence-electron chi connectivity index (χ4n) is 2.66. The molecule has 0 spiro atoms. The molecule has 1 saturated heterocycles. The second kappa shape index (κ2) is 7.60. The van der Waals surface area contributed by atoms with Gasteiger partial charge in [-0.15, -0.1) is 0 Å². The fraction of sp³-hybridized carbons (Fsp3) is 0.278. The summed E-state index contributed by atoms with van der Waals surface area (Å²) in [5.41, 5.74) is 1.57. The van der Waals surface area contributed by atoms with Gasteiger partial charge >= 0.3 is 5.97 Å². The summed E-state index contributed by atoms with van der Waals surface area (Å²) >= 11 is 11.8. The number of ether oxygens (including phenoxy) is 1. The molecule has 1 N–H and O–H groups in total. The van der Waals surface area contributed by atoms with E-state index in [-0.39, 0.29) is 18.3 Å². The Morgan fingerprint density at radius 1 is 1.16 bits per heavy atom. The number of carboxylic acid groups (broad SMARTS) is 1. The number of rotatable bonds is 6. The second-order valence-electron chi connectivity index (χ2n) is 6.03. The van der Waals surface area contributed by atoms with Gasteiger partial charge in [-0.1, -0.05) is 35.3 Å². The number of halogens is 3. The van der Waals surface area contributed by atoms with Crippen LogP contribution in [0.15, 0.2) is 36.4 Å². The Labute approximate surface area is 154 Å². The standard InChI is InChI=1S/C18H16Cl2FNO3/c19-14-3-1-12(5-15(14)20)10-25-17-4-2-11(6-16(17)21)7-22-8-13(9-22)18(23)24/h1-6,13H,7-10H2,(H,23,24). The molecule has 2 aromatic rings. The van der Waals surface area contributed by atoms with Crippen molar-refractivity contribution in [1.29, 1.82) is 0 Å². The van der Waals surface area contributed by atoms with Crippen LogP contribution in [0.1, 0.15) is 11.1 Å². The lowest BCUT2D eigenvalue weighted by Crippen LogP contribution is -2.49. The number of benzene rings is 2.